The Labute approximate surface area is 80.0 Å². The molecule has 0 aliphatic heterocycles. The van der Waals surface area contributed by atoms with Crippen molar-refractivity contribution in [2.75, 3.05) is 0 Å². The van der Waals surface area contributed by atoms with Gasteiger partial charge in [0.2, 0.25) is 0 Å². The highest BCUT2D eigenvalue weighted by Crippen LogP contribution is 2.62. The van der Waals surface area contributed by atoms with E-state index in [1.165, 1.54) is 23.1 Å². The summed E-state index contributed by atoms with van der Waals surface area (Å²) in [6.07, 6.45) is 3.58. The summed E-state index contributed by atoms with van der Waals surface area (Å²) in [5.74, 6) is 0.714. The maximum Gasteiger partial charge on any atom is 0.0314 e. The van der Waals surface area contributed by atoms with Crippen molar-refractivity contribution in [1.29, 1.82) is 0 Å². The van der Waals surface area contributed by atoms with E-state index in [2.05, 4.69) is 33.4 Å². The Morgan fingerprint density at radius 3 is 2.77 bits per heavy atom. The molecule has 1 nitrogen and oxygen atoms in total. The number of hydrogen-bond acceptors (Lipinski definition) is 1. The molecular formula is C12H17N. The molecule has 0 bridgehead atoms. The highest BCUT2D eigenvalue weighted by molar-refractivity contribution is 5.53. The van der Waals surface area contributed by atoms with Crippen LogP contribution in [0, 0.1) is 11.3 Å². The van der Waals surface area contributed by atoms with E-state index in [9.17, 15) is 0 Å². The number of nitrogens with two attached hydrogens (primary N) is 1. The quantitative estimate of drug-likeness (QED) is 0.651. The molecule has 0 aromatic heterocycles. The lowest BCUT2D eigenvalue weighted by atomic mass is 9.84. The largest absolute Gasteiger partial charge is 0.399 e. The highest BCUT2D eigenvalue weighted by atomic mass is 14.6. The van der Waals surface area contributed by atoms with Crippen molar-refractivity contribution in [3.63, 3.8) is 0 Å². The lowest BCUT2D eigenvalue weighted by molar-refractivity contribution is 0.626. The number of hydrogen-bond donors (Lipinski definition) is 1. The summed E-state index contributed by atoms with van der Waals surface area (Å²) in [6.45, 7) is 10.5. The molecule has 2 aliphatic carbocycles. The van der Waals surface area contributed by atoms with Crippen molar-refractivity contribution in [3.05, 3.63) is 35.1 Å². The Balaban J connectivity index is 2.46. The van der Waals surface area contributed by atoms with Crippen molar-refractivity contribution < 1.29 is 0 Å². The van der Waals surface area contributed by atoms with Gasteiger partial charge in [-0.05, 0) is 42.7 Å². The van der Waals surface area contributed by atoms with Crippen LogP contribution in [0.5, 0.6) is 0 Å². The van der Waals surface area contributed by atoms with Gasteiger partial charge in [0.05, 0.1) is 0 Å². The molecule has 2 atom stereocenters. The molecule has 0 saturated heterocycles. The van der Waals surface area contributed by atoms with E-state index in [1.807, 2.05) is 0 Å². The molecule has 1 fully saturated rings. The second-order valence-corrected chi connectivity index (χ2v) is 4.58. The predicted octanol–water partition coefficient (Wildman–Crippen LogP) is 2.76. The normalized spacial score (nSPS) is 36.8. The van der Waals surface area contributed by atoms with Gasteiger partial charge in [0.15, 0.2) is 0 Å². The van der Waals surface area contributed by atoms with Crippen LogP contribution in [-0.2, 0) is 0 Å². The first-order valence-electron chi connectivity index (χ1n) is 4.81. The Kier molecular flexibility index (Phi) is 1.51. The van der Waals surface area contributed by atoms with Crippen LogP contribution in [0.1, 0.15) is 27.2 Å². The molecule has 1 heteroatoms. The standard InChI is InChI=1S/C12H17N/c1-7-8(2)12(4)6-10(12)5-11(7)9(3)13/h5,10H,3,6,13H2,1-2,4H3. The fourth-order valence-electron chi connectivity index (χ4n) is 2.38. The Hall–Kier alpha value is -0.980. The molecule has 2 unspecified atom stereocenters. The SMILES string of the molecule is C=C(N)C1=CC2CC2(C)C(C)=C1C. The second-order valence-electron chi connectivity index (χ2n) is 4.58. The third-order valence-corrected chi connectivity index (χ3v) is 3.84. The van der Waals surface area contributed by atoms with Gasteiger partial charge >= 0.3 is 0 Å². The van der Waals surface area contributed by atoms with Gasteiger partial charge in [-0.3, -0.25) is 0 Å². The summed E-state index contributed by atoms with van der Waals surface area (Å²) < 4.78 is 0. The summed E-state index contributed by atoms with van der Waals surface area (Å²) in [6, 6.07) is 0. The van der Waals surface area contributed by atoms with Crippen molar-refractivity contribution in [1.82, 2.24) is 0 Å². The van der Waals surface area contributed by atoms with Crippen LogP contribution in [0.25, 0.3) is 0 Å². The molecule has 0 aromatic carbocycles. The summed E-state index contributed by atoms with van der Waals surface area (Å²) in [7, 11) is 0. The molecule has 1 saturated carbocycles. The molecule has 13 heavy (non-hydrogen) atoms. The van der Waals surface area contributed by atoms with Crippen LogP contribution in [0.3, 0.4) is 0 Å². The predicted molar refractivity (Wildman–Crippen MR) is 56.0 cm³/mol. The minimum absolute atomic E-state index is 0.447. The van der Waals surface area contributed by atoms with Crippen LogP contribution in [0.4, 0.5) is 0 Å². The Morgan fingerprint density at radius 2 is 2.23 bits per heavy atom. The average molecular weight is 175 g/mol. The lowest BCUT2D eigenvalue weighted by Crippen LogP contribution is -2.11. The molecule has 70 valence electrons. The maximum absolute atomic E-state index is 5.75. The van der Waals surface area contributed by atoms with E-state index in [1.54, 1.807) is 0 Å². The van der Waals surface area contributed by atoms with Crippen LogP contribution < -0.4 is 5.73 Å². The molecule has 0 radical (unpaired) electrons. The summed E-state index contributed by atoms with van der Waals surface area (Å²) in [5, 5.41) is 0. The first-order valence-corrected chi connectivity index (χ1v) is 4.81. The van der Waals surface area contributed by atoms with Gasteiger partial charge in [0, 0.05) is 5.70 Å². The first-order chi connectivity index (χ1) is 5.97. The number of rotatable bonds is 1. The van der Waals surface area contributed by atoms with Crippen molar-refractivity contribution in [3.8, 4) is 0 Å². The molecule has 0 spiro atoms. The number of fused-ring (bicyclic) bond motifs is 1. The average Bonchev–Trinajstić information content (AvgIpc) is 2.70. The van der Waals surface area contributed by atoms with E-state index >= 15 is 0 Å². The van der Waals surface area contributed by atoms with E-state index in [-0.39, 0.29) is 0 Å². The zero-order valence-corrected chi connectivity index (χ0v) is 8.65. The smallest absolute Gasteiger partial charge is 0.0314 e. The first kappa shape index (κ1) is 8.61. The topological polar surface area (TPSA) is 26.0 Å². The fourth-order valence-corrected chi connectivity index (χ4v) is 2.38. The molecule has 2 rings (SSSR count). The number of allylic oxidation sites excluding steroid dienone is 3. The summed E-state index contributed by atoms with van der Waals surface area (Å²) in [4.78, 5) is 0. The fraction of sp³-hybridized carbons (Fsp3) is 0.500. The van der Waals surface area contributed by atoms with E-state index in [4.69, 9.17) is 5.73 Å². The monoisotopic (exact) mass is 175 g/mol. The van der Waals surface area contributed by atoms with Crippen LogP contribution >= 0.6 is 0 Å². The van der Waals surface area contributed by atoms with Crippen molar-refractivity contribution in [2.45, 2.75) is 27.2 Å². The molecule has 0 amide bonds. The van der Waals surface area contributed by atoms with Gasteiger partial charge < -0.3 is 5.73 Å². The molecular weight excluding hydrogens is 158 g/mol. The molecule has 0 aromatic rings. The molecule has 0 heterocycles. The van der Waals surface area contributed by atoms with E-state index in [0.29, 0.717) is 17.0 Å². The lowest BCUT2D eigenvalue weighted by Gasteiger charge is -2.22. The summed E-state index contributed by atoms with van der Waals surface area (Å²) in [5.41, 5.74) is 10.9. The van der Waals surface area contributed by atoms with Crippen molar-refractivity contribution >= 4 is 0 Å². The molecule has 2 aliphatic rings. The molecule has 2 N–H and O–H groups in total. The third kappa shape index (κ3) is 0.995. The maximum atomic E-state index is 5.75. The zero-order chi connectivity index (χ0) is 9.80. The van der Waals surface area contributed by atoms with Gasteiger partial charge in [-0.25, -0.2) is 0 Å². The summed E-state index contributed by atoms with van der Waals surface area (Å²) >= 11 is 0. The zero-order valence-electron chi connectivity index (χ0n) is 8.65. The van der Waals surface area contributed by atoms with Gasteiger partial charge in [-0.1, -0.05) is 25.2 Å². The Bertz CT molecular complexity index is 346. The van der Waals surface area contributed by atoms with Crippen LogP contribution in [0.2, 0.25) is 0 Å². The Morgan fingerprint density at radius 1 is 1.62 bits per heavy atom. The minimum Gasteiger partial charge on any atom is -0.399 e. The van der Waals surface area contributed by atoms with E-state index < -0.39 is 0 Å². The van der Waals surface area contributed by atoms with Gasteiger partial charge in [0.25, 0.3) is 0 Å². The van der Waals surface area contributed by atoms with Crippen molar-refractivity contribution in [2.24, 2.45) is 17.1 Å². The third-order valence-electron chi connectivity index (χ3n) is 3.84. The minimum atomic E-state index is 0.447. The van der Waals surface area contributed by atoms with Gasteiger partial charge in [0.1, 0.15) is 0 Å². The van der Waals surface area contributed by atoms with Gasteiger partial charge in [-0.15, -0.1) is 0 Å². The van der Waals surface area contributed by atoms with E-state index in [0.717, 1.165) is 0 Å². The highest BCUT2D eigenvalue weighted by Gasteiger charge is 2.52. The van der Waals surface area contributed by atoms with Gasteiger partial charge in [-0.2, -0.15) is 0 Å². The van der Waals surface area contributed by atoms with Crippen LogP contribution in [-0.4, -0.2) is 0 Å². The second kappa shape index (κ2) is 2.28. The van der Waals surface area contributed by atoms with Crippen LogP contribution in [0.15, 0.2) is 35.1 Å².